The maximum Gasteiger partial charge on any atom is 0.107 e. The molecule has 0 saturated heterocycles. The molecular formula is C11H18N2S. The first kappa shape index (κ1) is 10.1. The van der Waals surface area contributed by atoms with E-state index in [0.29, 0.717) is 0 Å². The van der Waals surface area contributed by atoms with E-state index in [2.05, 4.69) is 17.2 Å². The van der Waals surface area contributed by atoms with Crippen LogP contribution in [0.25, 0.3) is 0 Å². The molecule has 14 heavy (non-hydrogen) atoms. The summed E-state index contributed by atoms with van der Waals surface area (Å²) in [6.45, 7) is 4.24. The molecule has 0 radical (unpaired) electrons. The van der Waals surface area contributed by atoms with Crippen LogP contribution in [0.2, 0.25) is 0 Å². The van der Waals surface area contributed by atoms with E-state index >= 15 is 0 Å². The molecule has 0 atom stereocenters. The minimum absolute atomic E-state index is 0.927. The Kier molecular flexibility index (Phi) is 3.54. The lowest BCUT2D eigenvalue weighted by Crippen LogP contribution is -2.20. The molecule has 0 aromatic carbocycles. The molecule has 0 spiro atoms. The summed E-state index contributed by atoms with van der Waals surface area (Å²) >= 11 is 1.80. The number of nitrogens with zero attached hydrogens (tertiary/aromatic N) is 1. The molecule has 0 bridgehead atoms. The van der Waals surface area contributed by atoms with Crippen molar-refractivity contribution in [2.24, 2.45) is 5.92 Å². The van der Waals surface area contributed by atoms with Gasteiger partial charge in [-0.05, 0) is 32.2 Å². The quantitative estimate of drug-likeness (QED) is 0.826. The lowest BCUT2D eigenvalue weighted by Gasteiger charge is -2.08. The Morgan fingerprint density at radius 2 is 2.29 bits per heavy atom. The van der Waals surface area contributed by atoms with Crippen molar-refractivity contribution in [1.82, 2.24) is 10.3 Å². The highest BCUT2D eigenvalue weighted by Gasteiger charge is 2.14. The Morgan fingerprint density at radius 3 is 2.93 bits per heavy atom. The maximum absolute atomic E-state index is 4.34. The topological polar surface area (TPSA) is 24.9 Å². The average molecular weight is 210 g/mol. The Morgan fingerprint density at radius 1 is 1.50 bits per heavy atom. The molecule has 1 saturated carbocycles. The minimum Gasteiger partial charge on any atom is -0.310 e. The van der Waals surface area contributed by atoms with Crippen LogP contribution in [0.1, 0.15) is 35.6 Å². The number of aromatic nitrogens is 1. The van der Waals surface area contributed by atoms with Crippen molar-refractivity contribution >= 4 is 11.3 Å². The summed E-state index contributed by atoms with van der Waals surface area (Å²) < 4.78 is 0. The highest BCUT2D eigenvalue weighted by Crippen LogP contribution is 2.23. The van der Waals surface area contributed by atoms with Crippen LogP contribution < -0.4 is 5.32 Å². The molecular weight excluding hydrogens is 192 g/mol. The number of hydrogen-bond donors (Lipinski definition) is 1. The van der Waals surface area contributed by atoms with Crippen molar-refractivity contribution in [1.29, 1.82) is 0 Å². The third-order valence-corrected chi connectivity index (χ3v) is 3.77. The predicted molar refractivity (Wildman–Crippen MR) is 60.5 cm³/mol. The summed E-state index contributed by atoms with van der Waals surface area (Å²) in [6, 6.07) is 0. The molecule has 1 aliphatic rings. The van der Waals surface area contributed by atoms with E-state index in [1.807, 2.05) is 6.20 Å². The Hall–Kier alpha value is -0.410. The van der Waals surface area contributed by atoms with E-state index in [9.17, 15) is 0 Å². The van der Waals surface area contributed by atoms with E-state index in [0.717, 1.165) is 12.5 Å². The molecule has 3 heteroatoms. The number of hydrogen-bond acceptors (Lipinski definition) is 3. The van der Waals surface area contributed by atoms with Crippen molar-refractivity contribution in [3.63, 3.8) is 0 Å². The van der Waals surface area contributed by atoms with Crippen LogP contribution in [-0.2, 0) is 6.54 Å². The zero-order chi connectivity index (χ0) is 9.80. The number of nitrogens with one attached hydrogen (secondary N) is 1. The lowest BCUT2D eigenvalue weighted by molar-refractivity contribution is 0.489. The molecule has 1 aliphatic carbocycles. The van der Waals surface area contributed by atoms with Gasteiger partial charge in [-0.3, -0.25) is 0 Å². The fourth-order valence-corrected chi connectivity index (χ4v) is 2.84. The van der Waals surface area contributed by atoms with Gasteiger partial charge in [0.05, 0.1) is 0 Å². The first-order valence-corrected chi connectivity index (χ1v) is 6.28. The van der Waals surface area contributed by atoms with Gasteiger partial charge in [0.15, 0.2) is 0 Å². The summed E-state index contributed by atoms with van der Waals surface area (Å²) in [7, 11) is 0. The van der Waals surface area contributed by atoms with Gasteiger partial charge in [0, 0.05) is 17.6 Å². The van der Waals surface area contributed by atoms with Crippen molar-refractivity contribution in [3.05, 3.63) is 16.1 Å². The largest absolute Gasteiger partial charge is 0.310 e. The Balaban J connectivity index is 1.67. The third kappa shape index (κ3) is 2.79. The lowest BCUT2D eigenvalue weighted by atomic mass is 10.1. The normalized spacial score (nSPS) is 17.8. The molecule has 0 unspecified atom stereocenters. The second kappa shape index (κ2) is 4.89. The smallest absolute Gasteiger partial charge is 0.107 e. The molecule has 2 rings (SSSR count). The SMILES string of the molecule is Cc1cnc(CNCC2CCCC2)s1. The van der Waals surface area contributed by atoms with Crippen molar-refractivity contribution in [3.8, 4) is 0 Å². The summed E-state index contributed by atoms with van der Waals surface area (Å²) in [5.41, 5.74) is 0. The molecule has 1 N–H and O–H groups in total. The zero-order valence-electron chi connectivity index (χ0n) is 8.75. The summed E-state index contributed by atoms with van der Waals surface area (Å²) in [6.07, 6.45) is 7.66. The van der Waals surface area contributed by atoms with Gasteiger partial charge in [0.2, 0.25) is 0 Å². The summed E-state index contributed by atoms with van der Waals surface area (Å²) in [4.78, 5) is 5.64. The fourth-order valence-electron chi connectivity index (χ4n) is 2.08. The molecule has 1 aromatic heterocycles. The second-order valence-corrected chi connectivity index (χ2v) is 5.47. The van der Waals surface area contributed by atoms with E-state index < -0.39 is 0 Å². The Labute approximate surface area is 89.8 Å². The summed E-state index contributed by atoms with van der Waals surface area (Å²) in [5, 5.41) is 4.73. The van der Waals surface area contributed by atoms with Gasteiger partial charge >= 0.3 is 0 Å². The monoisotopic (exact) mass is 210 g/mol. The van der Waals surface area contributed by atoms with Crippen molar-refractivity contribution < 1.29 is 0 Å². The third-order valence-electron chi connectivity index (χ3n) is 2.85. The van der Waals surface area contributed by atoms with Gasteiger partial charge in [0.1, 0.15) is 5.01 Å². The highest BCUT2D eigenvalue weighted by atomic mass is 32.1. The molecule has 0 amide bonds. The fraction of sp³-hybridized carbons (Fsp3) is 0.727. The van der Waals surface area contributed by atoms with Crippen LogP contribution in [0.4, 0.5) is 0 Å². The molecule has 2 nitrogen and oxygen atoms in total. The number of aryl methyl sites for hydroxylation is 1. The van der Waals surface area contributed by atoms with Crippen LogP contribution in [0.15, 0.2) is 6.20 Å². The van der Waals surface area contributed by atoms with Gasteiger partial charge in [-0.15, -0.1) is 11.3 Å². The first-order valence-electron chi connectivity index (χ1n) is 5.46. The summed E-state index contributed by atoms with van der Waals surface area (Å²) in [5.74, 6) is 0.927. The standard InChI is InChI=1S/C11H18N2S/c1-9-6-13-11(14-9)8-12-7-10-4-2-3-5-10/h6,10,12H,2-5,7-8H2,1H3. The van der Waals surface area contributed by atoms with Crippen LogP contribution in [-0.4, -0.2) is 11.5 Å². The zero-order valence-corrected chi connectivity index (χ0v) is 9.57. The number of rotatable bonds is 4. The van der Waals surface area contributed by atoms with E-state index in [4.69, 9.17) is 0 Å². The van der Waals surface area contributed by atoms with Crippen LogP contribution >= 0.6 is 11.3 Å². The van der Waals surface area contributed by atoms with E-state index in [-0.39, 0.29) is 0 Å². The molecule has 1 fully saturated rings. The predicted octanol–water partition coefficient (Wildman–Crippen LogP) is 2.73. The van der Waals surface area contributed by atoms with Crippen molar-refractivity contribution in [2.75, 3.05) is 6.54 Å². The van der Waals surface area contributed by atoms with Gasteiger partial charge in [-0.2, -0.15) is 0 Å². The van der Waals surface area contributed by atoms with Crippen LogP contribution in [0.3, 0.4) is 0 Å². The Bertz CT molecular complexity index is 277. The minimum atomic E-state index is 0.927. The first-order chi connectivity index (χ1) is 6.84. The maximum atomic E-state index is 4.34. The van der Waals surface area contributed by atoms with Crippen molar-refractivity contribution in [2.45, 2.75) is 39.2 Å². The average Bonchev–Trinajstić information content (AvgIpc) is 2.77. The second-order valence-electron chi connectivity index (χ2n) is 4.15. The molecule has 1 heterocycles. The van der Waals surface area contributed by atoms with Crippen LogP contribution in [0.5, 0.6) is 0 Å². The van der Waals surface area contributed by atoms with E-state index in [1.165, 1.54) is 42.1 Å². The molecule has 1 aromatic rings. The molecule has 78 valence electrons. The number of thiazole rings is 1. The van der Waals surface area contributed by atoms with Gasteiger partial charge in [-0.25, -0.2) is 4.98 Å². The molecule has 0 aliphatic heterocycles. The van der Waals surface area contributed by atoms with Gasteiger partial charge < -0.3 is 5.32 Å². The van der Waals surface area contributed by atoms with E-state index in [1.54, 1.807) is 11.3 Å². The highest BCUT2D eigenvalue weighted by molar-refractivity contribution is 7.11. The van der Waals surface area contributed by atoms with Gasteiger partial charge in [-0.1, -0.05) is 12.8 Å². The van der Waals surface area contributed by atoms with Gasteiger partial charge in [0.25, 0.3) is 0 Å². The van der Waals surface area contributed by atoms with Crippen LogP contribution in [0, 0.1) is 12.8 Å².